The quantitative estimate of drug-likeness (QED) is 0.274. The van der Waals surface area contributed by atoms with Crippen molar-refractivity contribution in [1.82, 2.24) is 5.32 Å². The summed E-state index contributed by atoms with van der Waals surface area (Å²) in [5.74, 6) is -1.65. The minimum Gasteiger partial charge on any atom is -0.490 e. The van der Waals surface area contributed by atoms with Gasteiger partial charge >= 0.3 is 5.97 Å². The molecule has 37 heavy (non-hydrogen) atoms. The Labute approximate surface area is 223 Å². The van der Waals surface area contributed by atoms with Crippen molar-refractivity contribution in [3.63, 3.8) is 0 Å². The fourth-order valence-corrected chi connectivity index (χ4v) is 6.10. The predicted molar refractivity (Wildman–Crippen MR) is 141 cm³/mol. The number of rotatable bonds is 7. The van der Waals surface area contributed by atoms with Gasteiger partial charge in [-0.15, -0.1) is 11.3 Å². The van der Waals surface area contributed by atoms with Crippen LogP contribution in [-0.4, -0.2) is 25.0 Å². The Hall–Kier alpha value is -3.42. The van der Waals surface area contributed by atoms with Crippen LogP contribution >= 0.6 is 22.9 Å². The maximum Gasteiger partial charge on any atom is 0.336 e. The number of esters is 1. The second-order valence-electron chi connectivity index (χ2n) is 8.97. The standard InChI is InChI=1S/C29H25ClFNO4S/c1-17-25(29(34)36-13-12-35-19-7-3-2-4-8-19)28(26-20(30)9-5-10-21(26)31)27-22(32-17)15-18(16-23(27)33)24-11-6-14-37-24/h2-11,14,18,28,32H,12-13,15-16H2,1H3/t18-,28+/m0/s1. The van der Waals surface area contributed by atoms with E-state index >= 15 is 4.39 Å². The molecule has 3 aromatic rings. The number of allylic oxidation sites excluding steroid dienone is 3. The minimum absolute atomic E-state index is 0.0114. The lowest BCUT2D eigenvalue weighted by Crippen LogP contribution is -2.36. The first-order valence-corrected chi connectivity index (χ1v) is 13.3. The molecule has 1 aliphatic heterocycles. The van der Waals surface area contributed by atoms with E-state index in [-0.39, 0.29) is 47.5 Å². The van der Waals surface area contributed by atoms with Crippen molar-refractivity contribution in [2.24, 2.45) is 0 Å². The Bertz CT molecular complexity index is 1360. The molecule has 0 saturated heterocycles. The van der Waals surface area contributed by atoms with Gasteiger partial charge in [0.2, 0.25) is 0 Å². The average Bonchev–Trinajstić information content (AvgIpc) is 3.42. The molecular weight excluding hydrogens is 513 g/mol. The number of hydrogen-bond donors (Lipinski definition) is 1. The maximum absolute atomic E-state index is 15.2. The molecule has 0 fully saturated rings. The van der Waals surface area contributed by atoms with E-state index in [0.717, 1.165) is 4.88 Å². The number of benzene rings is 2. The summed E-state index contributed by atoms with van der Waals surface area (Å²) in [6, 6.07) is 17.5. The fourth-order valence-electron chi connectivity index (χ4n) is 5.00. The van der Waals surface area contributed by atoms with Gasteiger partial charge in [0, 0.05) is 44.8 Å². The van der Waals surface area contributed by atoms with Gasteiger partial charge in [0.05, 0.1) is 11.5 Å². The van der Waals surface area contributed by atoms with Crippen LogP contribution in [0.3, 0.4) is 0 Å². The smallest absolute Gasteiger partial charge is 0.336 e. The normalized spacial score (nSPS) is 19.4. The van der Waals surface area contributed by atoms with Crippen LogP contribution in [-0.2, 0) is 14.3 Å². The third kappa shape index (κ3) is 5.20. The number of hydrogen-bond acceptors (Lipinski definition) is 6. The summed E-state index contributed by atoms with van der Waals surface area (Å²) in [4.78, 5) is 28.1. The molecule has 0 unspecified atom stereocenters. The SMILES string of the molecule is CC1=C(C(=O)OCCOc2ccccc2)[C@H](c2c(F)cccc2Cl)C2=C(C[C@H](c3cccs3)CC2=O)N1. The zero-order chi connectivity index (χ0) is 25.9. The van der Waals surface area contributed by atoms with Crippen LogP contribution in [0.4, 0.5) is 4.39 Å². The Morgan fingerprint density at radius 3 is 2.62 bits per heavy atom. The molecule has 2 atom stereocenters. The van der Waals surface area contributed by atoms with Crippen molar-refractivity contribution >= 4 is 34.7 Å². The molecule has 1 N–H and O–H groups in total. The van der Waals surface area contributed by atoms with E-state index in [1.165, 1.54) is 12.1 Å². The van der Waals surface area contributed by atoms with Gasteiger partial charge in [-0.2, -0.15) is 0 Å². The zero-order valence-corrected chi connectivity index (χ0v) is 21.7. The molecule has 0 spiro atoms. The van der Waals surface area contributed by atoms with Crippen molar-refractivity contribution in [3.05, 3.63) is 110 Å². The molecular formula is C29H25ClFNO4S. The third-order valence-corrected chi connectivity index (χ3v) is 7.97. The van der Waals surface area contributed by atoms with Crippen LogP contribution in [0.5, 0.6) is 5.75 Å². The Morgan fingerprint density at radius 1 is 1.08 bits per heavy atom. The van der Waals surface area contributed by atoms with Gasteiger partial charge in [-0.05, 0) is 49.1 Å². The second-order valence-corrected chi connectivity index (χ2v) is 10.4. The molecule has 2 aromatic carbocycles. The number of dihydropyridines is 1. The molecule has 5 nitrogen and oxygen atoms in total. The van der Waals surface area contributed by atoms with E-state index in [0.29, 0.717) is 29.1 Å². The summed E-state index contributed by atoms with van der Waals surface area (Å²) in [5.41, 5.74) is 1.86. The van der Waals surface area contributed by atoms with Crippen molar-refractivity contribution < 1.29 is 23.5 Å². The number of ketones is 1. The lowest BCUT2D eigenvalue weighted by molar-refractivity contribution is -0.140. The van der Waals surface area contributed by atoms with Crippen LogP contribution in [0.2, 0.25) is 5.02 Å². The van der Waals surface area contributed by atoms with Crippen molar-refractivity contribution in [2.45, 2.75) is 31.6 Å². The zero-order valence-electron chi connectivity index (χ0n) is 20.1. The number of carbonyl (C=O) groups is 2. The molecule has 190 valence electrons. The Morgan fingerprint density at radius 2 is 1.89 bits per heavy atom. The van der Waals surface area contributed by atoms with Gasteiger partial charge in [-0.25, -0.2) is 9.18 Å². The van der Waals surface area contributed by atoms with Crippen molar-refractivity contribution in [2.75, 3.05) is 13.2 Å². The number of carbonyl (C=O) groups excluding carboxylic acids is 2. The lowest BCUT2D eigenvalue weighted by Gasteiger charge is -2.36. The molecule has 0 saturated carbocycles. The second kappa shape index (κ2) is 10.9. The van der Waals surface area contributed by atoms with E-state index in [2.05, 4.69) is 5.32 Å². The summed E-state index contributed by atoms with van der Waals surface area (Å²) >= 11 is 8.08. The number of nitrogens with one attached hydrogen (secondary N) is 1. The van der Waals surface area contributed by atoms with Gasteiger partial charge in [-0.3, -0.25) is 4.79 Å². The molecule has 0 bridgehead atoms. The summed E-state index contributed by atoms with van der Waals surface area (Å²) in [7, 11) is 0. The summed E-state index contributed by atoms with van der Waals surface area (Å²) in [6.45, 7) is 1.88. The Kier molecular flexibility index (Phi) is 7.44. The molecule has 2 heterocycles. The van der Waals surface area contributed by atoms with Gasteiger partial charge in [0.15, 0.2) is 5.78 Å². The highest BCUT2D eigenvalue weighted by atomic mass is 35.5. The first-order chi connectivity index (χ1) is 17.9. The highest BCUT2D eigenvalue weighted by Gasteiger charge is 2.43. The number of Topliss-reactive ketones (excluding diaryl/α,β-unsaturated/α-hetero) is 1. The Balaban J connectivity index is 1.45. The summed E-state index contributed by atoms with van der Waals surface area (Å²) in [6.07, 6.45) is 0.852. The van der Waals surface area contributed by atoms with Crippen LogP contribution in [0.15, 0.2) is 88.6 Å². The van der Waals surface area contributed by atoms with Crippen molar-refractivity contribution in [1.29, 1.82) is 0 Å². The summed E-state index contributed by atoms with van der Waals surface area (Å²) < 4.78 is 26.4. The van der Waals surface area contributed by atoms with E-state index in [1.54, 1.807) is 24.3 Å². The highest BCUT2D eigenvalue weighted by molar-refractivity contribution is 7.10. The maximum atomic E-state index is 15.2. The van der Waals surface area contributed by atoms with Crippen LogP contribution in [0, 0.1) is 5.82 Å². The molecule has 8 heteroatoms. The average molecular weight is 538 g/mol. The third-order valence-electron chi connectivity index (χ3n) is 6.61. The van der Waals surface area contributed by atoms with Crippen LogP contribution < -0.4 is 10.1 Å². The number of ether oxygens (including phenoxy) is 2. The molecule has 1 aliphatic carbocycles. The first-order valence-electron chi connectivity index (χ1n) is 12.0. The monoisotopic (exact) mass is 537 g/mol. The van der Waals surface area contributed by atoms with Crippen LogP contribution in [0.25, 0.3) is 0 Å². The molecule has 2 aliphatic rings. The minimum atomic E-state index is -0.968. The molecule has 5 rings (SSSR count). The fraction of sp³-hybridized carbons (Fsp3) is 0.241. The number of para-hydroxylation sites is 1. The van der Waals surface area contributed by atoms with Crippen LogP contribution in [0.1, 0.15) is 42.0 Å². The van der Waals surface area contributed by atoms with Gasteiger partial charge in [-0.1, -0.05) is 41.9 Å². The van der Waals surface area contributed by atoms with E-state index in [9.17, 15) is 9.59 Å². The molecule has 0 amide bonds. The van der Waals surface area contributed by atoms with Gasteiger partial charge in [0.1, 0.15) is 24.8 Å². The van der Waals surface area contributed by atoms with Gasteiger partial charge < -0.3 is 14.8 Å². The molecule has 1 aromatic heterocycles. The predicted octanol–water partition coefficient (Wildman–Crippen LogP) is 6.52. The van der Waals surface area contributed by atoms with Crippen molar-refractivity contribution in [3.8, 4) is 5.75 Å². The topological polar surface area (TPSA) is 64.6 Å². The largest absolute Gasteiger partial charge is 0.490 e. The number of thiophene rings is 1. The highest BCUT2D eigenvalue weighted by Crippen LogP contribution is 2.48. The lowest BCUT2D eigenvalue weighted by atomic mass is 9.72. The summed E-state index contributed by atoms with van der Waals surface area (Å²) in [5, 5.41) is 5.41. The van der Waals surface area contributed by atoms with E-state index < -0.39 is 17.7 Å². The van der Waals surface area contributed by atoms with E-state index in [1.807, 2.05) is 47.8 Å². The first kappa shape index (κ1) is 25.2. The number of halogens is 2. The van der Waals surface area contributed by atoms with Gasteiger partial charge in [0.25, 0.3) is 0 Å². The van der Waals surface area contributed by atoms with E-state index in [4.69, 9.17) is 21.1 Å². The molecule has 0 radical (unpaired) electrons.